The second-order valence-electron chi connectivity index (χ2n) is 12.7. The minimum absolute atomic E-state index is 0.349. The molecule has 1 aliphatic carbocycles. The van der Waals surface area contributed by atoms with Crippen LogP contribution < -0.4 is 5.32 Å². The van der Waals surface area contributed by atoms with E-state index in [9.17, 15) is 0 Å². The fourth-order valence-corrected chi connectivity index (χ4v) is 7.14. The summed E-state index contributed by atoms with van der Waals surface area (Å²) in [6.45, 7) is 28.5. The van der Waals surface area contributed by atoms with E-state index in [0.29, 0.717) is 35.3 Å². The Labute approximate surface area is 244 Å². The Kier molecular flexibility index (Phi) is 17.9. The molecule has 0 radical (unpaired) electrons. The highest BCUT2D eigenvalue weighted by atomic mass is 15.2. The van der Waals surface area contributed by atoms with Crippen LogP contribution in [-0.2, 0) is 0 Å². The van der Waals surface area contributed by atoms with Crippen LogP contribution in [0.25, 0.3) is 0 Å². The third kappa shape index (κ3) is 12.7. The molecule has 5 unspecified atom stereocenters. The van der Waals surface area contributed by atoms with E-state index in [4.69, 9.17) is 5.41 Å². The van der Waals surface area contributed by atoms with Gasteiger partial charge in [0.25, 0.3) is 0 Å². The Hall–Kier alpha value is -1.45. The third-order valence-corrected chi connectivity index (χ3v) is 9.22. The van der Waals surface area contributed by atoms with Gasteiger partial charge in [-0.1, -0.05) is 96.9 Å². The van der Waals surface area contributed by atoms with E-state index < -0.39 is 0 Å². The van der Waals surface area contributed by atoms with Gasteiger partial charge in [-0.2, -0.15) is 0 Å². The second-order valence-corrected chi connectivity index (χ2v) is 12.7. The highest BCUT2D eigenvalue weighted by Crippen LogP contribution is 2.54. The van der Waals surface area contributed by atoms with Crippen molar-refractivity contribution in [2.24, 2.45) is 29.1 Å². The van der Waals surface area contributed by atoms with Crippen molar-refractivity contribution in [2.75, 3.05) is 19.6 Å². The predicted octanol–water partition coefficient (Wildman–Crippen LogP) is 9.62. The average Bonchev–Trinajstić information content (AvgIpc) is 3.74. The van der Waals surface area contributed by atoms with E-state index in [1.54, 1.807) is 0 Å². The van der Waals surface area contributed by atoms with Crippen LogP contribution in [0.1, 0.15) is 113 Å². The van der Waals surface area contributed by atoms with Crippen LogP contribution in [0.3, 0.4) is 0 Å². The van der Waals surface area contributed by atoms with E-state index in [1.165, 1.54) is 50.3 Å². The van der Waals surface area contributed by atoms with E-state index >= 15 is 0 Å². The molecule has 0 spiro atoms. The summed E-state index contributed by atoms with van der Waals surface area (Å²) >= 11 is 0. The number of allylic oxidation sites excluding steroid dienone is 5. The zero-order valence-corrected chi connectivity index (χ0v) is 27.0. The molecule has 0 heterocycles. The highest BCUT2D eigenvalue weighted by molar-refractivity contribution is 5.55. The Balaban J connectivity index is 2.77. The van der Waals surface area contributed by atoms with Gasteiger partial charge in [-0.05, 0) is 100 Å². The van der Waals surface area contributed by atoms with Crippen LogP contribution in [0.15, 0.2) is 49.1 Å². The van der Waals surface area contributed by atoms with Crippen LogP contribution in [0.5, 0.6) is 0 Å². The summed E-state index contributed by atoms with van der Waals surface area (Å²) in [4.78, 5) is 2.66. The van der Waals surface area contributed by atoms with E-state index in [1.807, 2.05) is 6.08 Å². The maximum absolute atomic E-state index is 7.12. The molecular weight excluding hydrogens is 474 g/mol. The van der Waals surface area contributed by atoms with Crippen molar-refractivity contribution in [3.63, 3.8) is 0 Å². The number of hydrogen-bond acceptors (Lipinski definition) is 3. The van der Waals surface area contributed by atoms with Gasteiger partial charge in [-0.3, -0.25) is 4.90 Å². The van der Waals surface area contributed by atoms with Gasteiger partial charge in [0.1, 0.15) is 0 Å². The number of nitrogens with zero attached hydrogens (tertiary/aromatic N) is 1. The number of rotatable bonds is 25. The number of likely N-dealkylation sites (N-methyl/N-ethyl adjacent to an activating group) is 1. The van der Waals surface area contributed by atoms with Crippen molar-refractivity contribution in [2.45, 2.75) is 125 Å². The van der Waals surface area contributed by atoms with Gasteiger partial charge < -0.3 is 10.7 Å². The molecule has 0 fully saturated rings. The topological polar surface area (TPSA) is 39.1 Å². The Morgan fingerprint density at radius 3 is 2.33 bits per heavy atom. The van der Waals surface area contributed by atoms with Gasteiger partial charge in [0, 0.05) is 25.2 Å². The molecule has 3 heteroatoms. The molecule has 2 N–H and O–H groups in total. The molecule has 0 aromatic carbocycles. The first kappa shape index (κ1) is 35.6. The van der Waals surface area contributed by atoms with Crippen molar-refractivity contribution < 1.29 is 0 Å². The summed E-state index contributed by atoms with van der Waals surface area (Å²) in [6, 6.07) is 0.948. The normalized spacial score (nSPS) is 18.3. The SMILES string of the molecule is C=CC(CCC=CCC=N)NCCN(CC)C(C)CCCC(CCC)(CC(C)C)C(C1C=C1)C(C)C(=C)CC. The summed E-state index contributed by atoms with van der Waals surface area (Å²) in [5.74, 6) is 2.68. The standard InChI is InChI=1S/C36H65N3/c1-10-23-36(28-29(5)6,35(33-21-22-33)32(9)30(7)11-2)24-18-19-31(8)39(13-4)27-26-38-34(12-3)20-16-14-15-17-25-37/h12,14-15,21-22,25,29,31-35,37-38H,3,7,10-11,13,16-20,23-24,26-28H2,1-2,4-6,8-9H3. The number of hydrogen-bond donors (Lipinski definition) is 2. The van der Waals surface area contributed by atoms with E-state index in [-0.39, 0.29) is 0 Å². The Morgan fingerprint density at radius 2 is 1.79 bits per heavy atom. The van der Waals surface area contributed by atoms with E-state index in [2.05, 4.69) is 96.1 Å². The largest absolute Gasteiger partial charge is 0.313 e. The average molecular weight is 540 g/mol. The Bertz CT molecular complexity index is 744. The molecule has 1 rings (SSSR count). The maximum Gasteiger partial charge on any atom is 0.0250 e. The van der Waals surface area contributed by atoms with E-state index in [0.717, 1.165) is 51.2 Å². The molecule has 0 saturated carbocycles. The van der Waals surface area contributed by atoms with Gasteiger partial charge in [0.05, 0.1) is 0 Å². The molecule has 224 valence electrons. The maximum atomic E-state index is 7.12. The lowest BCUT2D eigenvalue weighted by atomic mass is 9.58. The molecule has 0 amide bonds. The molecule has 0 aromatic heterocycles. The molecule has 0 aliphatic heterocycles. The number of nitrogens with one attached hydrogen (secondary N) is 2. The minimum Gasteiger partial charge on any atom is -0.313 e. The van der Waals surface area contributed by atoms with Crippen LogP contribution in [0.4, 0.5) is 0 Å². The fraction of sp³-hybridized carbons (Fsp3) is 0.750. The summed E-state index contributed by atoms with van der Waals surface area (Å²) in [7, 11) is 0. The molecular formula is C36H65N3. The van der Waals surface area contributed by atoms with Gasteiger partial charge in [0.2, 0.25) is 0 Å². The van der Waals surface area contributed by atoms with Gasteiger partial charge >= 0.3 is 0 Å². The van der Waals surface area contributed by atoms with Crippen molar-refractivity contribution in [1.82, 2.24) is 10.2 Å². The second kappa shape index (κ2) is 19.6. The lowest BCUT2D eigenvalue weighted by molar-refractivity contribution is 0.0493. The van der Waals surface area contributed by atoms with Crippen molar-refractivity contribution >= 4 is 6.21 Å². The first-order valence-electron chi connectivity index (χ1n) is 16.3. The minimum atomic E-state index is 0.349. The van der Waals surface area contributed by atoms with Gasteiger partial charge in [-0.15, -0.1) is 6.58 Å². The summed E-state index contributed by atoms with van der Waals surface area (Å²) in [6.07, 6.45) is 24.5. The zero-order valence-electron chi connectivity index (χ0n) is 27.0. The first-order chi connectivity index (χ1) is 18.7. The zero-order chi connectivity index (χ0) is 29.3. The molecule has 0 bridgehead atoms. The first-order valence-corrected chi connectivity index (χ1v) is 16.3. The fourth-order valence-electron chi connectivity index (χ4n) is 7.14. The molecule has 0 aromatic rings. The summed E-state index contributed by atoms with van der Waals surface area (Å²) in [5, 5.41) is 10.8. The van der Waals surface area contributed by atoms with Crippen LogP contribution in [-0.4, -0.2) is 42.8 Å². The Morgan fingerprint density at radius 1 is 1.08 bits per heavy atom. The summed E-state index contributed by atoms with van der Waals surface area (Å²) < 4.78 is 0. The molecule has 5 atom stereocenters. The molecule has 1 aliphatic rings. The lowest BCUT2D eigenvalue weighted by Crippen LogP contribution is -2.41. The lowest BCUT2D eigenvalue weighted by Gasteiger charge is -2.47. The monoisotopic (exact) mass is 540 g/mol. The van der Waals surface area contributed by atoms with Crippen molar-refractivity contribution in [3.8, 4) is 0 Å². The molecule has 3 nitrogen and oxygen atoms in total. The van der Waals surface area contributed by atoms with Crippen LogP contribution >= 0.6 is 0 Å². The third-order valence-electron chi connectivity index (χ3n) is 9.22. The van der Waals surface area contributed by atoms with Crippen molar-refractivity contribution in [1.29, 1.82) is 5.41 Å². The van der Waals surface area contributed by atoms with Gasteiger partial charge in [0.15, 0.2) is 0 Å². The molecule has 0 saturated heterocycles. The quantitative estimate of drug-likeness (QED) is 0.0895. The van der Waals surface area contributed by atoms with Gasteiger partial charge in [-0.25, -0.2) is 0 Å². The predicted molar refractivity (Wildman–Crippen MR) is 176 cm³/mol. The summed E-state index contributed by atoms with van der Waals surface area (Å²) in [5.41, 5.74) is 1.84. The smallest absolute Gasteiger partial charge is 0.0250 e. The van der Waals surface area contributed by atoms with Crippen LogP contribution in [0.2, 0.25) is 0 Å². The molecule has 39 heavy (non-hydrogen) atoms. The van der Waals surface area contributed by atoms with Crippen molar-refractivity contribution in [3.05, 3.63) is 49.1 Å². The highest BCUT2D eigenvalue weighted by Gasteiger charge is 2.46. The van der Waals surface area contributed by atoms with Crippen LogP contribution in [0, 0.1) is 34.5 Å².